The van der Waals surface area contributed by atoms with Crippen molar-refractivity contribution in [3.63, 3.8) is 0 Å². The number of hydrogen-bond acceptors (Lipinski definition) is 13. The summed E-state index contributed by atoms with van der Waals surface area (Å²) in [5.74, 6) is -14.8. The van der Waals surface area contributed by atoms with Gasteiger partial charge in [-0.3, -0.25) is 48.1 Å². The maximum atomic E-state index is 13.6. The predicted octanol–water partition coefficient (Wildman–Crippen LogP) is -1.95. The standard InChI is InChI=1S/C31H45N6O17P.C2HF3O2/c1-14(2)10-22(31(49)50)37-29(47)20(11-16-4-6-17(7-5-16)54-55(51,52)53)36-28(46)19(8-9-23(38)39)34-30(48)21(13-25(42)43)35-26(44)15(3)33-27(45)18(32)12-24(40)41;3-2(4,5)1(6)7/h4-7,14-15,18-22H,8-13,32H2,1-3H3,(H,33,45)(H,34,48)(H,35,44)(H,36,46)(H,37,47)(H,38,39)(H,40,41)(H,42,43)(H,49,50)(H2,51,52,53);(H,6,7)/t15-,18-,19-,20-,21-,22-;/m0./s1. The van der Waals surface area contributed by atoms with E-state index in [-0.39, 0.29) is 23.7 Å². The monoisotopic (exact) mass is 918 g/mol. The molecular weight excluding hydrogens is 872 g/mol. The Kier molecular flexibility index (Phi) is 22.8. The third-order valence-corrected chi connectivity index (χ3v) is 8.01. The van der Waals surface area contributed by atoms with Crippen molar-refractivity contribution in [2.45, 2.75) is 102 Å². The number of benzene rings is 1. The summed E-state index contributed by atoms with van der Waals surface area (Å²) < 4.78 is 47.4. The summed E-state index contributed by atoms with van der Waals surface area (Å²) in [6, 6.07) is -5.01. The number of carboxylic acids is 5. The molecule has 0 aromatic heterocycles. The van der Waals surface area contributed by atoms with Gasteiger partial charge in [-0.05, 0) is 43.4 Å². The summed E-state index contributed by atoms with van der Waals surface area (Å²) in [6.07, 6.45) is -8.75. The Labute approximate surface area is 348 Å². The van der Waals surface area contributed by atoms with E-state index in [9.17, 15) is 76.2 Å². The van der Waals surface area contributed by atoms with Crippen molar-refractivity contribution in [3.8, 4) is 5.75 Å². The number of halogens is 3. The van der Waals surface area contributed by atoms with E-state index in [1.54, 1.807) is 13.8 Å². The van der Waals surface area contributed by atoms with Gasteiger partial charge in [0.1, 0.15) is 36.0 Å². The van der Waals surface area contributed by atoms with Crippen molar-refractivity contribution < 1.29 is 106 Å². The van der Waals surface area contributed by atoms with Gasteiger partial charge in [-0.2, -0.15) is 13.2 Å². The summed E-state index contributed by atoms with van der Waals surface area (Å²) in [4.78, 5) is 138. The van der Waals surface area contributed by atoms with Crippen LogP contribution in [0, 0.1) is 5.92 Å². The SMILES string of the molecule is CC(C)C[C@H](NC(=O)[C@H](Cc1ccc(OP(=O)(O)O)cc1)NC(=O)[C@H](CCC(=O)O)NC(=O)[C@H](CC(=O)O)NC(=O)[C@H](C)NC(=O)[C@@H](N)CC(=O)O)C(=O)O.O=C(O)C(F)(F)F. The van der Waals surface area contributed by atoms with Crippen molar-refractivity contribution in [1.82, 2.24) is 26.6 Å². The van der Waals surface area contributed by atoms with Gasteiger partial charge < -0.3 is 62.4 Å². The highest BCUT2D eigenvalue weighted by Crippen LogP contribution is 2.37. The number of carboxylic acid groups (broad SMARTS) is 5. The number of alkyl halides is 3. The Morgan fingerprint density at radius 3 is 1.55 bits per heavy atom. The number of amides is 5. The van der Waals surface area contributed by atoms with Crippen molar-refractivity contribution in [1.29, 1.82) is 0 Å². The molecule has 0 aliphatic heterocycles. The van der Waals surface area contributed by atoms with Gasteiger partial charge in [-0.15, -0.1) is 0 Å². The highest BCUT2D eigenvalue weighted by molar-refractivity contribution is 7.46. The van der Waals surface area contributed by atoms with Crippen LogP contribution in [-0.2, 0) is 58.9 Å². The number of carbonyl (C=O) groups excluding carboxylic acids is 5. The molecule has 14 N–H and O–H groups in total. The lowest BCUT2D eigenvalue weighted by Crippen LogP contribution is -2.59. The summed E-state index contributed by atoms with van der Waals surface area (Å²) in [6.45, 7) is 4.49. The van der Waals surface area contributed by atoms with Gasteiger partial charge in [0, 0.05) is 12.8 Å². The first kappa shape index (κ1) is 55.6. The Balaban J connectivity index is 0.00000486. The fourth-order valence-electron chi connectivity index (χ4n) is 4.66. The van der Waals surface area contributed by atoms with Gasteiger partial charge in [0.05, 0.1) is 18.9 Å². The minimum Gasteiger partial charge on any atom is -0.481 e. The molecular formula is C33H46F3N6O19P. The molecule has 0 aliphatic carbocycles. The Bertz CT molecular complexity index is 1840. The van der Waals surface area contributed by atoms with Crippen LogP contribution in [0.2, 0.25) is 0 Å². The molecule has 0 saturated carbocycles. The number of hydrogen-bond donors (Lipinski definition) is 13. The zero-order valence-corrected chi connectivity index (χ0v) is 33.7. The van der Waals surface area contributed by atoms with E-state index in [0.29, 0.717) is 0 Å². The topological polar surface area (TPSA) is 425 Å². The highest BCUT2D eigenvalue weighted by atomic mass is 31.2. The number of rotatable bonds is 24. The van der Waals surface area contributed by atoms with Crippen LogP contribution >= 0.6 is 7.82 Å². The molecule has 0 spiro atoms. The second-order valence-electron chi connectivity index (χ2n) is 13.4. The summed E-state index contributed by atoms with van der Waals surface area (Å²) in [5.41, 5.74) is 5.71. The molecule has 0 unspecified atom stereocenters. The van der Waals surface area contributed by atoms with Gasteiger partial charge in [0.15, 0.2) is 0 Å². The lowest BCUT2D eigenvalue weighted by Gasteiger charge is -2.26. The Morgan fingerprint density at radius 2 is 1.11 bits per heavy atom. The van der Waals surface area contributed by atoms with Crippen molar-refractivity contribution in [2.24, 2.45) is 11.7 Å². The molecule has 0 fully saturated rings. The van der Waals surface area contributed by atoms with Crippen LogP contribution in [0.15, 0.2) is 24.3 Å². The molecule has 0 heterocycles. The highest BCUT2D eigenvalue weighted by Gasteiger charge is 2.38. The fraction of sp³-hybridized carbons (Fsp3) is 0.515. The molecule has 348 valence electrons. The first-order valence-corrected chi connectivity index (χ1v) is 19.2. The van der Waals surface area contributed by atoms with E-state index in [4.69, 9.17) is 30.5 Å². The van der Waals surface area contributed by atoms with E-state index in [1.165, 1.54) is 12.1 Å². The molecule has 29 heteroatoms. The number of phosphoric ester groups is 1. The van der Waals surface area contributed by atoms with Crippen LogP contribution in [0.25, 0.3) is 0 Å². The second-order valence-corrected chi connectivity index (χ2v) is 14.6. The van der Waals surface area contributed by atoms with Crippen molar-refractivity contribution >= 4 is 67.2 Å². The van der Waals surface area contributed by atoms with Crippen LogP contribution in [-0.4, -0.2) is 137 Å². The fourth-order valence-corrected chi connectivity index (χ4v) is 5.06. The summed E-state index contributed by atoms with van der Waals surface area (Å²) >= 11 is 0. The summed E-state index contributed by atoms with van der Waals surface area (Å²) in [5, 5.41) is 55.2. The number of aliphatic carboxylic acids is 5. The first-order valence-electron chi connectivity index (χ1n) is 17.6. The van der Waals surface area contributed by atoms with Gasteiger partial charge in [-0.1, -0.05) is 26.0 Å². The third kappa shape index (κ3) is 23.4. The van der Waals surface area contributed by atoms with E-state index in [1.807, 2.05) is 0 Å². The number of carbonyl (C=O) groups is 10. The zero-order chi connectivity index (χ0) is 48.3. The maximum absolute atomic E-state index is 13.6. The van der Waals surface area contributed by atoms with Crippen molar-refractivity contribution in [2.75, 3.05) is 0 Å². The van der Waals surface area contributed by atoms with Crippen LogP contribution in [0.5, 0.6) is 5.75 Å². The van der Waals surface area contributed by atoms with Gasteiger partial charge >= 0.3 is 43.8 Å². The van der Waals surface area contributed by atoms with Crippen LogP contribution in [0.3, 0.4) is 0 Å². The van der Waals surface area contributed by atoms with Gasteiger partial charge in [0.2, 0.25) is 29.5 Å². The number of phosphoric acid groups is 1. The number of nitrogens with one attached hydrogen (secondary N) is 5. The lowest BCUT2D eigenvalue weighted by atomic mass is 10.0. The molecule has 0 saturated heterocycles. The second kappa shape index (κ2) is 25.4. The average Bonchev–Trinajstić information content (AvgIpc) is 3.11. The van der Waals surface area contributed by atoms with Crippen LogP contribution < -0.4 is 36.8 Å². The largest absolute Gasteiger partial charge is 0.524 e. The minimum atomic E-state index is -5.08. The quantitative estimate of drug-likeness (QED) is 0.0501. The summed E-state index contributed by atoms with van der Waals surface area (Å²) in [7, 11) is -4.93. The van der Waals surface area contributed by atoms with Crippen LogP contribution in [0.1, 0.15) is 58.4 Å². The maximum Gasteiger partial charge on any atom is 0.524 e. The molecule has 0 aliphatic rings. The van der Waals surface area contributed by atoms with E-state index >= 15 is 0 Å². The Hall–Kier alpha value is -6.38. The van der Waals surface area contributed by atoms with E-state index < -0.39 is 142 Å². The lowest BCUT2D eigenvalue weighted by molar-refractivity contribution is -0.192. The zero-order valence-electron chi connectivity index (χ0n) is 32.8. The van der Waals surface area contributed by atoms with E-state index in [2.05, 4.69) is 31.1 Å². The molecule has 0 bridgehead atoms. The van der Waals surface area contributed by atoms with Gasteiger partial charge in [-0.25, -0.2) is 14.2 Å². The predicted molar refractivity (Wildman–Crippen MR) is 198 cm³/mol. The van der Waals surface area contributed by atoms with Crippen molar-refractivity contribution in [3.05, 3.63) is 29.8 Å². The van der Waals surface area contributed by atoms with Gasteiger partial charge in [0.25, 0.3) is 0 Å². The molecule has 1 aromatic carbocycles. The van der Waals surface area contributed by atoms with E-state index in [0.717, 1.165) is 19.1 Å². The third-order valence-electron chi connectivity index (χ3n) is 7.56. The molecule has 5 amide bonds. The molecule has 6 atom stereocenters. The molecule has 1 aromatic rings. The average molecular weight is 919 g/mol. The molecule has 1 rings (SSSR count). The normalized spacial score (nSPS) is 14.1. The van der Waals surface area contributed by atoms with Crippen LogP contribution in [0.4, 0.5) is 13.2 Å². The molecule has 25 nitrogen and oxygen atoms in total. The Morgan fingerprint density at radius 1 is 0.661 bits per heavy atom. The molecule has 0 radical (unpaired) electrons. The first-order chi connectivity index (χ1) is 28.3. The smallest absolute Gasteiger partial charge is 0.481 e. The minimum absolute atomic E-state index is 0.0262. The number of nitrogens with two attached hydrogens (primary N) is 1. The molecule has 62 heavy (non-hydrogen) atoms.